The van der Waals surface area contributed by atoms with Gasteiger partial charge >= 0.3 is 0 Å². The predicted octanol–water partition coefficient (Wildman–Crippen LogP) is 4.58. The number of halogens is 2. The minimum Gasteiger partial charge on any atom is -0.383 e. The molecule has 0 amide bonds. The molecule has 0 aliphatic heterocycles. The largest absolute Gasteiger partial charge is 0.383 e. The van der Waals surface area contributed by atoms with Gasteiger partial charge in [-0.25, -0.2) is 0 Å². The molecular formula is C16H25Cl2NO. The Kier molecular flexibility index (Phi) is 7.90. The zero-order valence-electron chi connectivity index (χ0n) is 12.6. The molecule has 114 valence electrons. The molecule has 0 saturated carbocycles. The molecule has 0 aliphatic carbocycles. The van der Waals surface area contributed by atoms with Crippen molar-refractivity contribution in [1.29, 1.82) is 0 Å². The highest BCUT2D eigenvalue weighted by atomic mass is 35.5. The lowest BCUT2D eigenvalue weighted by Gasteiger charge is -2.33. The molecule has 1 aromatic carbocycles. The maximum absolute atomic E-state index is 6.32. The van der Waals surface area contributed by atoms with Crippen molar-refractivity contribution >= 4 is 23.2 Å². The van der Waals surface area contributed by atoms with Gasteiger partial charge in [-0.05, 0) is 36.3 Å². The van der Waals surface area contributed by atoms with Gasteiger partial charge in [-0.1, -0.05) is 49.2 Å². The van der Waals surface area contributed by atoms with E-state index < -0.39 is 0 Å². The van der Waals surface area contributed by atoms with E-state index in [-0.39, 0.29) is 5.41 Å². The molecule has 1 aromatic rings. The molecule has 0 aromatic heterocycles. The fourth-order valence-corrected chi connectivity index (χ4v) is 2.82. The molecular weight excluding hydrogens is 293 g/mol. The van der Waals surface area contributed by atoms with Crippen LogP contribution in [0, 0.1) is 5.41 Å². The Labute approximate surface area is 132 Å². The molecule has 0 bridgehead atoms. The summed E-state index contributed by atoms with van der Waals surface area (Å²) in [5, 5.41) is 4.81. The minimum atomic E-state index is 0.210. The summed E-state index contributed by atoms with van der Waals surface area (Å²) in [6.45, 7) is 7.05. The average molecular weight is 318 g/mol. The van der Waals surface area contributed by atoms with Crippen LogP contribution in [-0.4, -0.2) is 26.8 Å². The molecule has 0 heterocycles. The van der Waals surface area contributed by atoms with Gasteiger partial charge in [-0.2, -0.15) is 0 Å². The van der Waals surface area contributed by atoms with Gasteiger partial charge < -0.3 is 10.1 Å². The van der Waals surface area contributed by atoms with Gasteiger partial charge in [0.2, 0.25) is 0 Å². The zero-order valence-corrected chi connectivity index (χ0v) is 14.2. The quantitative estimate of drug-likeness (QED) is 0.673. The van der Waals surface area contributed by atoms with E-state index in [1.54, 1.807) is 7.11 Å². The second-order valence-electron chi connectivity index (χ2n) is 5.27. The van der Waals surface area contributed by atoms with Gasteiger partial charge in [0.15, 0.2) is 0 Å². The Morgan fingerprint density at radius 2 is 1.90 bits per heavy atom. The van der Waals surface area contributed by atoms with Gasteiger partial charge in [-0.3, -0.25) is 0 Å². The van der Waals surface area contributed by atoms with Gasteiger partial charge in [0.05, 0.1) is 16.7 Å². The van der Waals surface area contributed by atoms with Crippen LogP contribution in [0.25, 0.3) is 0 Å². The van der Waals surface area contributed by atoms with Crippen LogP contribution >= 0.6 is 23.2 Å². The highest BCUT2D eigenvalue weighted by Gasteiger charge is 2.27. The van der Waals surface area contributed by atoms with Crippen LogP contribution in [0.5, 0.6) is 0 Å². The standard InChI is InChI=1S/C16H25Cl2NO/c1-4-16(5-2,12-19-9-10-20-3)11-13-7-6-8-14(17)15(13)18/h6-8,19H,4-5,9-12H2,1-3H3. The molecule has 0 fully saturated rings. The molecule has 1 N–H and O–H groups in total. The van der Waals surface area contributed by atoms with Gasteiger partial charge in [0.25, 0.3) is 0 Å². The van der Waals surface area contributed by atoms with Crippen LogP contribution in [0.15, 0.2) is 18.2 Å². The number of hydrogen-bond acceptors (Lipinski definition) is 2. The maximum atomic E-state index is 6.32. The molecule has 0 spiro atoms. The number of rotatable bonds is 9. The van der Waals surface area contributed by atoms with Crippen molar-refractivity contribution in [3.8, 4) is 0 Å². The van der Waals surface area contributed by atoms with Crippen molar-refractivity contribution in [3.05, 3.63) is 33.8 Å². The van der Waals surface area contributed by atoms with Crippen molar-refractivity contribution in [2.75, 3.05) is 26.8 Å². The molecule has 0 aliphatic rings. The van der Waals surface area contributed by atoms with Crippen LogP contribution in [0.3, 0.4) is 0 Å². The molecule has 2 nitrogen and oxygen atoms in total. The van der Waals surface area contributed by atoms with E-state index in [4.69, 9.17) is 27.9 Å². The average Bonchev–Trinajstić information content (AvgIpc) is 2.47. The summed E-state index contributed by atoms with van der Waals surface area (Å²) < 4.78 is 5.08. The highest BCUT2D eigenvalue weighted by Crippen LogP contribution is 2.35. The summed E-state index contributed by atoms with van der Waals surface area (Å²) in [6, 6.07) is 5.88. The monoisotopic (exact) mass is 317 g/mol. The minimum absolute atomic E-state index is 0.210. The van der Waals surface area contributed by atoms with E-state index >= 15 is 0 Å². The summed E-state index contributed by atoms with van der Waals surface area (Å²) in [5.74, 6) is 0. The van der Waals surface area contributed by atoms with Crippen molar-refractivity contribution < 1.29 is 4.74 Å². The van der Waals surface area contributed by atoms with Crippen LogP contribution in [0.4, 0.5) is 0 Å². The number of ether oxygens (including phenoxy) is 1. The van der Waals surface area contributed by atoms with Crippen molar-refractivity contribution in [2.24, 2.45) is 5.41 Å². The zero-order chi connectivity index (χ0) is 15.0. The first kappa shape index (κ1) is 17.8. The molecule has 0 unspecified atom stereocenters. The smallest absolute Gasteiger partial charge is 0.0624 e. The summed E-state index contributed by atoms with van der Waals surface area (Å²) in [4.78, 5) is 0. The predicted molar refractivity (Wildman–Crippen MR) is 87.9 cm³/mol. The molecule has 0 atom stereocenters. The number of nitrogens with one attached hydrogen (secondary N) is 1. The molecule has 0 saturated heterocycles. The van der Waals surface area contributed by atoms with Crippen LogP contribution < -0.4 is 5.32 Å². The summed E-state index contributed by atoms with van der Waals surface area (Å²) >= 11 is 12.4. The lowest BCUT2D eigenvalue weighted by molar-refractivity contribution is 0.185. The van der Waals surface area contributed by atoms with Crippen LogP contribution in [-0.2, 0) is 11.2 Å². The Hall–Kier alpha value is -0.280. The third-order valence-corrected chi connectivity index (χ3v) is 4.94. The van der Waals surface area contributed by atoms with Crippen molar-refractivity contribution in [3.63, 3.8) is 0 Å². The summed E-state index contributed by atoms with van der Waals surface area (Å²) in [7, 11) is 1.72. The van der Waals surface area contributed by atoms with Crippen LogP contribution in [0.1, 0.15) is 32.3 Å². The topological polar surface area (TPSA) is 21.3 Å². The molecule has 4 heteroatoms. The first-order chi connectivity index (χ1) is 9.58. The Morgan fingerprint density at radius 1 is 1.20 bits per heavy atom. The second-order valence-corrected chi connectivity index (χ2v) is 6.05. The molecule has 20 heavy (non-hydrogen) atoms. The lowest BCUT2D eigenvalue weighted by atomic mass is 9.77. The third-order valence-electron chi connectivity index (χ3n) is 4.08. The Morgan fingerprint density at radius 3 is 2.50 bits per heavy atom. The Bertz CT molecular complexity index is 405. The second kappa shape index (κ2) is 8.89. The van der Waals surface area contributed by atoms with Crippen molar-refractivity contribution in [1.82, 2.24) is 5.32 Å². The first-order valence-corrected chi connectivity index (χ1v) is 7.96. The van der Waals surface area contributed by atoms with E-state index in [9.17, 15) is 0 Å². The van der Waals surface area contributed by atoms with Gasteiger partial charge in [0.1, 0.15) is 0 Å². The number of hydrogen-bond donors (Lipinski definition) is 1. The number of benzene rings is 1. The molecule has 1 rings (SSSR count). The third kappa shape index (κ3) is 4.92. The van der Waals surface area contributed by atoms with E-state index in [0.29, 0.717) is 10.0 Å². The SMILES string of the molecule is CCC(CC)(CNCCOC)Cc1cccc(Cl)c1Cl. The lowest BCUT2D eigenvalue weighted by Crippen LogP contribution is -2.36. The van der Waals surface area contributed by atoms with E-state index in [2.05, 4.69) is 25.2 Å². The summed E-state index contributed by atoms with van der Waals surface area (Å²) in [5.41, 5.74) is 1.35. The van der Waals surface area contributed by atoms with E-state index in [1.165, 1.54) is 0 Å². The normalized spacial score (nSPS) is 11.8. The van der Waals surface area contributed by atoms with E-state index in [1.807, 2.05) is 12.1 Å². The highest BCUT2D eigenvalue weighted by molar-refractivity contribution is 6.42. The fourth-order valence-electron chi connectivity index (χ4n) is 2.43. The first-order valence-electron chi connectivity index (χ1n) is 7.21. The summed E-state index contributed by atoms with van der Waals surface area (Å²) in [6.07, 6.45) is 3.15. The maximum Gasteiger partial charge on any atom is 0.0624 e. The van der Waals surface area contributed by atoms with Gasteiger partial charge in [-0.15, -0.1) is 0 Å². The fraction of sp³-hybridized carbons (Fsp3) is 0.625. The van der Waals surface area contributed by atoms with Crippen LogP contribution in [0.2, 0.25) is 10.0 Å². The Balaban J connectivity index is 2.77. The molecule has 0 radical (unpaired) electrons. The van der Waals surface area contributed by atoms with Crippen molar-refractivity contribution in [2.45, 2.75) is 33.1 Å². The van der Waals surface area contributed by atoms with E-state index in [0.717, 1.165) is 44.5 Å². The van der Waals surface area contributed by atoms with Gasteiger partial charge in [0, 0.05) is 20.2 Å². The number of methoxy groups -OCH3 is 1.